The van der Waals surface area contributed by atoms with Crippen molar-refractivity contribution >= 4 is 10.0 Å². The average Bonchev–Trinajstić information content (AvgIpc) is 2.97. The van der Waals surface area contributed by atoms with Gasteiger partial charge in [0.05, 0.1) is 29.3 Å². The molecule has 2 aromatic rings. The SMILES string of the molecule is CCN(Cc1ccco1)S(=O)(=O)c1cccc(C#N)c1. The quantitative estimate of drug-likeness (QED) is 0.847. The summed E-state index contributed by atoms with van der Waals surface area (Å²) in [6.07, 6.45) is 1.51. The third kappa shape index (κ3) is 2.90. The Bertz CT molecular complexity index is 715. The molecule has 1 aromatic carbocycles. The first-order valence-corrected chi connectivity index (χ1v) is 7.54. The topological polar surface area (TPSA) is 74.3 Å². The Morgan fingerprint density at radius 1 is 1.30 bits per heavy atom. The van der Waals surface area contributed by atoms with Gasteiger partial charge in [0.1, 0.15) is 5.76 Å². The van der Waals surface area contributed by atoms with Gasteiger partial charge in [-0.2, -0.15) is 9.57 Å². The zero-order valence-corrected chi connectivity index (χ0v) is 11.8. The van der Waals surface area contributed by atoms with Gasteiger partial charge < -0.3 is 4.42 Å². The number of furan rings is 1. The molecule has 0 radical (unpaired) electrons. The van der Waals surface area contributed by atoms with Crippen LogP contribution in [0.3, 0.4) is 0 Å². The molecule has 0 atom stereocenters. The van der Waals surface area contributed by atoms with Gasteiger partial charge in [-0.05, 0) is 30.3 Å². The fourth-order valence-electron chi connectivity index (χ4n) is 1.82. The van der Waals surface area contributed by atoms with Gasteiger partial charge in [0.15, 0.2) is 0 Å². The highest BCUT2D eigenvalue weighted by atomic mass is 32.2. The smallest absolute Gasteiger partial charge is 0.243 e. The van der Waals surface area contributed by atoms with Crippen LogP contribution in [-0.4, -0.2) is 19.3 Å². The molecule has 0 aliphatic rings. The van der Waals surface area contributed by atoms with E-state index < -0.39 is 10.0 Å². The maximum absolute atomic E-state index is 12.5. The summed E-state index contributed by atoms with van der Waals surface area (Å²) < 4.78 is 31.6. The highest BCUT2D eigenvalue weighted by Gasteiger charge is 2.24. The van der Waals surface area contributed by atoms with E-state index in [0.29, 0.717) is 17.9 Å². The standard InChI is InChI=1S/C14H14N2O3S/c1-2-16(11-13-6-4-8-19-13)20(17,18)14-7-3-5-12(9-14)10-15/h3-9H,2,11H2,1H3. The van der Waals surface area contributed by atoms with Gasteiger partial charge in [-0.15, -0.1) is 0 Å². The van der Waals surface area contributed by atoms with Crippen LogP contribution in [0.5, 0.6) is 0 Å². The predicted molar refractivity (Wildman–Crippen MR) is 73.1 cm³/mol. The Morgan fingerprint density at radius 2 is 2.10 bits per heavy atom. The van der Waals surface area contributed by atoms with E-state index in [1.54, 1.807) is 31.2 Å². The molecule has 0 fully saturated rings. The zero-order valence-electron chi connectivity index (χ0n) is 11.0. The maximum atomic E-state index is 12.5. The van der Waals surface area contributed by atoms with Crippen molar-refractivity contribution in [3.63, 3.8) is 0 Å². The summed E-state index contributed by atoms with van der Waals surface area (Å²) in [6.45, 7) is 2.25. The van der Waals surface area contributed by atoms with Crippen molar-refractivity contribution < 1.29 is 12.8 Å². The van der Waals surface area contributed by atoms with Gasteiger partial charge in [0, 0.05) is 6.54 Å². The van der Waals surface area contributed by atoms with Gasteiger partial charge in [-0.25, -0.2) is 8.42 Å². The van der Waals surface area contributed by atoms with Gasteiger partial charge in [-0.3, -0.25) is 0 Å². The van der Waals surface area contributed by atoms with E-state index in [1.807, 2.05) is 6.07 Å². The second-order valence-corrected chi connectivity index (χ2v) is 6.09. The third-order valence-electron chi connectivity index (χ3n) is 2.87. The minimum atomic E-state index is -3.64. The molecule has 0 bridgehead atoms. The van der Waals surface area contributed by atoms with E-state index in [2.05, 4.69) is 0 Å². The van der Waals surface area contributed by atoms with E-state index >= 15 is 0 Å². The number of hydrogen-bond donors (Lipinski definition) is 0. The second-order valence-electron chi connectivity index (χ2n) is 4.15. The second kappa shape index (κ2) is 5.90. The summed E-state index contributed by atoms with van der Waals surface area (Å²) in [7, 11) is -3.64. The van der Waals surface area contributed by atoms with Crippen LogP contribution in [0.4, 0.5) is 0 Å². The summed E-state index contributed by atoms with van der Waals surface area (Å²) in [4.78, 5) is 0.116. The zero-order chi connectivity index (χ0) is 14.6. The first-order chi connectivity index (χ1) is 9.57. The van der Waals surface area contributed by atoms with E-state index in [1.165, 1.54) is 22.7 Å². The van der Waals surface area contributed by atoms with Crippen molar-refractivity contribution in [1.29, 1.82) is 5.26 Å². The van der Waals surface area contributed by atoms with Gasteiger partial charge in [0.2, 0.25) is 10.0 Å². The molecule has 2 rings (SSSR count). The molecule has 20 heavy (non-hydrogen) atoms. The lowest BCUT2D eigenvalue weighted by atomic mass is 10.2. The number of nitrogens with zero attached hydrogens (tertiary/aromatic N) is 2. The van der Waals surface area contributed by atoms with Crippen LogP contribution in [0.1, 0.15) is 18.2 Å². The monoisotopic (exact) mass is 290 g/mol. The van der Waals surface area contributed by atoms with E-state index in [-0.39, 0.29) is 11.4 Å². The molecule has 0 amide bonds. The van der Waals surface area contributed by atoms with Crippen LogP contribution >= 0.6 is 0 Å². The molecule has 5 nitrogen and oxygen atoms in total. The number of hydrogen-bond acceptors (Lipinski definition) is 4. The lowest BCUT2D eigenvalue weighted by molar-refractivity contribution is 0.375. The third-order valence-corrected chi connectivity index (χ3v) is 4.78. The molecule has 0 N–H and O–H groups in total. The van der Waals surface area contributed by atoms with Crippen LogP contribution < -0.4 is 0 Å². The minimum absolute atomic E-state index is 0.116. The lowest BCUT2D eigenvalue weighted by Crippen LogP contribution is -2.30. The number of rotatable bonds is 5. The first kappa shape index (κ1) is 14.3. The van der Waals surface area contributed by atoms with Crippen LogP contribution in [0.15, 0.2) is 52.0 Å². The van der Waals surface area contributed by atoms with Crippen molar-refractivity contribution in [2.24, 2.45) is 0 Å². The Hall–Kier alpha value is -2.10. The fraction of sp³-hybridized carbons (Fsp3) is 0.214. The maximum Gasteiger partial charge on any atom is 0.243 e. The summed E-state index contributed by atoms with van der Waals surface area (Å²) in [6, 6.07) is 11.4. The van der Waals surface area contributed by atoms with Crippen molar-refractivity contribution in [3.05, 3.63) is 54.0 Å². The molecule has 0 aliphatic heterocycles. The van der Waals surface area contributed by atoms with Crippen molar-refractivity contribution in [2.75, 3.05) is 6.54 Å². The molecule has 6 heteroatoms. The predicted octanol–water partition coefficient (Wildman–Crippen LogP) is 2.36. The molecular formula is C14H14N2O3S. The summed E-state index contributed by atoms with van der Waals surface area (Å²) in [5, 5.41) is 8.86. The van der Waals surface area contributed by atoms with E-state index in [0.717, 1.165) is 0 Å². The molecule has 1 heterocycles. The number of sulfonamides is 1. The van der Waals surface area contributed by atoms with Crippen molar-refractivity contribution in [1.82, 2.24) is 4.31 Å². The number of benzene rings is 1. The van der Waals surface area contributed by atoms with Gasteiger partial charge in [-0.1, -0.05) is 13.0 Å². The molecule has 1 aromatic heterocycles. The molecule has 0 unspecified atom stereocenters. The van der Waals surface area contributed by atoms with Crippen molar-refractivity contribution in [2.45, 2.75) is 18.4 Å². The lowest BCUT2D eigenvalue weighted by Gasteiger charge is -2.19. The fourth-order valence-corrected chi connectivity index (χ4v) is 3.28. The molecule has 0 aliphatic carbocycles. The van der Waals surface area contributed by atoms with E-state index in [9.17, 15) is 8.42 Å². The number of nitriles is 1. The van der Waals surface area contributed by atoms with Crippen molar-refractivity contribution in [3.8, 4) is 6.07 Å². The highest BCUT2D eigenvalue weighted by molar-refractivity contribution is 7.89. The molecule has 0 spiro atoms. The molecule has 0 saturated heterocycles. The minimum Gasteiger partial charge on any atom is -0.468 e. The summed E-state index contributed by atoms with van der Waals surface area (Å²) in [5.74, 6) is 0.576. The molecule has 104 valence electrons. The van der Waals surface area contributed by atoms with Crippen LogP contribution in [-0.2, 0) is 16.6 Å². The van der Waals surface area contributed by atoms with Crippen LogP contribution in [0.25, 0.3) is 0 Å². The first-order valence-electron chi connectivity index (χ1n) is 6.10. The highest BCUT2D eigenvalue weighted by Crippen LogP contribution is 2.19. The summed E-state index contributed by atoms with van der Waals surface area (Å²) in [5.41, 5.74) is 0.320. The molecule has 0 saturated carbocycles. The van der Waals surface area contributed by atoms with Crippen LogP contribution in [0, 0.1) is 11.3 Å². The molecular weight excluding hydrogens is 276 g/mol. The Balaban J connectivity index is 2.34. The normalized spacial score (nSPS) is 11.4. The largest absolute Gasteiger partial charge is 0.468 e. The Kier molecular flexibility index (Phi) is 4.23. The van der Waals surface area contributed by atoms with E-state index in [4.69, 9.17) is 9.68 Å². The Morgan fingerprint density at radius 3 is 2.70 bits per heavy atom. The van der Waals surface area contributed by atoms with Gasteiger partial charge >= 0.3 is 0 Å². The average molecular weight is 290 g/mol. The summed E-state index contributed by atoms with van der Waals surface area (Å²) >= 11 is 0. The van der Waals surface area contributed by atoms with Gasteiger partial charge in [0.25, 0.3) is 0 Å². The van der Waals surface area contributed by atoms with Crippen LogP contribution in [0.2, 0.25) is 0 Å². The Labute approximate surface area is 118 Å².